The number of carbonyl (C=O) groups excluding carboxylic acids is 1. The molecule has 2 aromatic rings. The molecule has 0 aliphatic rings. The Hall–Kier alpha value is -2.07. The number of esters is 1. The lowest BCUT2D eigenvalue weighted by molar-refractivity contribution is 0.0595. The number of rotatable bonds is 4. The third-order valence-corrected chi connectivity index (χ3v) is 4.35. The summed E-state index contributed by atoms with van der Waals surface area (Å²) in [5.41, 5.74) is -0.233. The van der Waals surface area contributed by atoms with Crippen LogP contribution >= 0.6 is 11.5 Å². The van der Waals surface area contributed by atoms with Gasteiger partial charge in [-0.2, -0.15) is 0 Å². The molecule has 1 heterocycles. The number of ether oxygens (including phenoxy) is 1. The first kappa shape index (κ1) is 14.3. The molecule has 1 aromatic carbocycles. The second-order valence-electron chi connectivity index (χ2n) is 3.50. The van der Waals surface area contributed by atoms with E-state index in [9.17, 15) is 17.6 Å². The molecule has 2 rings (SSSR count). The molecule has 0 unspecified atom stereocenters. The maximum atomic E-state index is 12.8. The molecule has 0 bridgehead atoms. The normalized spacial score (nSPS) is 11.1. The maximum Gasteiger partial charge on any atom is 0.361 e. The molecule has 0 aliphatic heterocycles. The fourth-order valence-electron chi connectivity index (χ4n) is 1.28. The van der Waals surface area contributed by atoms with Gasteiger partial charge in [0.05, 0.1) is 12.0 Å². The van der Waals surface area contributed by atoms with E-state index in [0.717, 1.165) is 31.4 Å². The molecule has 20 heavy (non-hydrogen) atoms. The molecule has 0 atom stereocenters. The fourth-order valence-corrected chi connectivity index (χ4v) is 3.13. The standard InChI is InChI=1S/C10H8FN3O4S2/c1-18-10(15)8-9(19-14-12-8)13-20(16,17)7-4-2-6(11)3-5-7/h2-5,13H,1H3. The largest absolute Gasteiger partial charge is 0.464 e. The zero-order valence-electron chi connectivity index (χ0n) is 10.0. The first-order chi connectivity index (χ1) is 9.44. The van der Waals surface area contributed by atoms with Crippen LogP contribution in [0.2, 0.25) is 0 Å². The van der Waals surface area contributed by atoms with Gasteiger partial charge in [-0.25, -0.2) is 17.6 Å². The predicted molar refractivity (Wildman–Crippen MR) is 68.5 cm³/mol. The van der Waals surface area contributed by atoms with Crippen molar-refractivity contribution in [1.82, 2.24) is 9.59 Å². The van der Waals surface area contributed by atoms with Gasteiger partial charge in [-0.15, -0.1) is 5.10 Å². The number of hydrogen-bond acceptors (Lipinski definition) is 7. The average Bonchev–Trinajstić information content (AvgIpc) is 2.85. The summed E-state index contributed by atoms with van der Waals surface area (Å²) in [5.74, 6) is -1.37. The zero-order chi connectivity index (χ0) is 14.8. The molecule has 1 aromatic heterocycles. The van der Waals surface area contributed by atoms with Crippen molar-refractivity contribution < 1.29 is 22.3 Å². The molecular weight excluding hydrogens is 309 g/mol. The highest BCUT2D eigenvalue weighted by atomic mass is 32.2. The van der Waals surface area contributed by atoms with E-state index in [2.05, 4.69) is 19.0 Å². The molecule has 0 radical (unpaired) electrons. The predicted octanol–water partition coefficient (Wildman–Crippen LogP) is 1.26. The second-order valence-corrected chi connectivity index (χ2v) is 5.94. The van der Waals surface area contributed by atoms with E-state index in [-0.39, 0.29) is 15.6 Å². The van der Waals surface area contributed by atoms with E-state index in [0.29, 0.717) is 11.5 Å². The Morgan fingerprint density at radius 3 is 2.60 bits per heavy atom. The highest BCUT2D eigenvalue weighted by Crippen LogP contribution is 2.22. The van der Waals surface area contributed by atoms with E-state index in [1.54, 1.807) is 0 Å². The third kappa shape index (κ3) is 2.91. The summed E-state index contributed by atoms with van der Waals surface area (Å²) >= 11 is 0.692. The third-order valence-electron chi connectivity index (χ3n) is 2.22. The van der Waals surface area contributed by atoms with Crippen molar-refractivity contribution in [2.24, 2.45) is 0 Å². The molecule has 1 N–H and O–H groups in total. The number of benzene rings is 1. The number of sulfonamides is 1. The lowest BCUT2D eigenvalue weighted by Crippen LogP contribution is -2.15. The SMILES string of the molecule is COC(=O)c1nnsc1NS(=O)(=O)c1ccc(F)cc1. The Bertz CT molecular complexity index is 727. The van der Waals surface area contributed by atoms with E-state index in [1.165, 1.54) is 0 Å². The van der Waals surface area contributed by atoms with Crippen molar-refractivity contribution >= 4 is 32.5 Å². The van der Waals surface area contributed by atoms with Crippen molar-refractivity contribution in [1.29, 1.82) is 0 Å². The number of anilines is 1. The average molecular weight is 317 g/mol. The van der Waals surface area contributed by atoms with Gasteiger partial charge in [0.15, 0.2) is 5.00 Å². The van der Waals surface area contributed by atoms with Gasteiger partial charge in [-0.3, -0.25) is 4.72 Å². The van der Waals surface area contributed by atoms with Crippen LogP contribution in [-0.4, -0.2) is 31.1 Å². The fraction of sp³-hybridized carbons (Fsp3) is 0.100. The summed E-state index contributed by atoms with van der Waals surface area (Å²) in [7, 11) is -2.82. The van der Waals surface area contributed by atoms with Crippen molar-refractivity contribution in [3.8, 4) is 0 Å². The van der Waals surface area contributed by atoms with Gasteiger partial charge in [0.2, 0.25) is 5.69 Å². The Morgan fingerprint density at radius 2 is 2.00 bits per heavy atom. The highest BCUT2D eigenvalue weighted by molar-refractivity contribution is 7.93. The van der Waals surface area contributed by atoms with Crippen LogP contribution in [0.4, 0.5) is 9.39 Å². The minimum absolute atomic E-state index is 0.0684. The minimum atomic E-state index is -3.96. The molecule has 7 nitrogen and oxygen atoms in total. The van der Waals surface area contributed by atoms with Crippen molar-refractivity contribution in [2.45, 2.75) is 4.90 Å². The van der Waals surface area contributed by atoms with Crippen molar-refractivity contribution in [2.75, 3.05) is 11.8 Å². The number of nitrogens with one attached hydrogen (secondary N) is 1. The van der Waals surface area contributed by atoms with Crippen LogP contribution in [-0.2, 0) is 14.8 Å². The maximum absolute atomic E-state index is 12.8. The highest BCUT2D eigenvalue weighted by Gasteiger charge is 2.22. The lowest BCUT2D eigenvalue weighted by atomic mass is 10.4. The van der Waals surface area contributed by atoms with Gasteiger partial charge in [-0.1, -0.05) is 4.49 Å². The van der Waals surface area contributed by atoms with Crippen LogP contribution in [0.5, 0.6) is 0 Å². The molecule has 0 amide bonds. The number of hydrogen-bond donors (Lipinski definition) is 1. The van der Waals surface area contributed by atoms with Gasteiger partial charge >= 0.3 is 5.97 Å². The Labute approximate surface area is 117 Å². The summed E-state index contributed by atoms with van der Waals surface area (Å²) in [4.78, 5) is 11.2. The zero-order valence-corrected chi connectivity index (χ0v) is 11.7. The van der Waals surface area contributed by atoms with Gasteiger partial charge in [0.1, 0.15) is 5.82 Å². The Morgan fingerprint density at radius 1 is 1.35 bits per heavy atom. The second kappa shape index (κ2) is 5.51. The topological polar surface area (TPSA) is 98.2 Å². The molecule has 0 saturated carbocycles. The van der Waals surface area contributed by atoms with E-state index in [4.69, 9.17) is 0 Å². The lowest BCUT2D eigenvalue weighted by Gasteiger charge is -2.06. The molecule has 0 spiro atoms. The van der Waals surface area contributed by atoms with Crippen LogP contribution in [0, 0.1) is 5.82 Å². The van der Waals surface area contributed by atoms with Crippen LogP contribution in [0.1, 0.15) is 10.5 Å². The van der Waals surface area contributed by atoms with Gasteiger partial charge in [0, 0.05) is 11.5 Å². The summed E-state index contributed by atoms with van der Waals surface area (Å²) in [6, 6.07) is 4.23. The first-order valence-corrected chi connectivity index (χ1v) is 7.39. The van der Waals surface area contributed by atoms with E-state index in [1.807, 2.05) is 0 Å². The van der Waals surface area contributed by atoms with Crippen LogP contribution in [0.3, 0.4) is 0 Å². The molecule has 106 valence electrons. The number of halogens is 1. The van der Waals surface area contributed by atoms with Gasteiger partial charge in [-0.05, 0) is 24.3 Å². The Kier molecular flexibility index (Phi) is 3.95. The molecule has 0 aliphatic carbocycles. The number of methoxy groups -OCH3 is 1. The van der Waals surface area contributed by atoms with E-state index >= 15 is 0 Å². The molecule has 10 heteroatoms. The van der Waals surface area contributed by atoms with E-state index < -0.39 is 21.8 Å². The summed E-state index contributed by atoms with van der Waals surface area (Å²) in [6.07, 6.45) is 0. The van der Waals surface area contributed by atoms with Gasteiger partial charge in [0.25, 0.3) is 10.0 Å². The van der Waals surface area contributed by atoms with Crippen LogP contribution in [0.15, 0.2) is 29.2 Å². The molecular formula is C10H8FN3O4S2. The molecule has 0 saturated heterocycles. The van der Waals surface area contributed by atoms with Crippen LogP contribution in [0.25, 0.3) is 0 Å². The summed E-state index contributed by atoms with van der Waals surface area (Å²) < 4.78 is 47.0. The minimum Gasteiger partial charge on any atom is -0.464 e. The number of carbonyl (C=O) groups is 1. The number of aromatic nitrogens is 2. The summed E-state index contributed by atoms with van der Waals surface area (Å²) in [5, 5.41) is 3.42. The molecule has 0 fully saturated rings. The first-order valence-electron chi connectivity index (χ1n) is 5.13. The number of nitrogens with zero attached hydrogens (tertiary/aromatic N) is 2. The van der Waals surface area contributed by atoms with Gasteiger partial charge < -0.3 is 4.74 Å². The van der Waals surface area contributed by atoms with Crippen LogP contribution < -0.4 is 4.72 Å². The summed E-state index contributed by atoms with van der Waals surface area (Å²) in [6.45, 7) is 0. The quantitative estimate of drug-likeness (QED) is 0.853. The Balaban J connectivity index is 2.32. The monoisotopic (exact) mass is 317 g/mol. The van der Waals surface area contributed by atoms with Crippen molar-refractivity contribution in [3.63, 3.8) is 0 Å². The van der Waals surface area contributed by atoms with Crippen molar-refractivity contribution in [3.05, 3.63) is 35.8 Å². The smallest absolute Gasteiger partial charge is 0.361 e.